The van der Waals surface area contributed by atoms with Gasteiger partial charge in [-0.2, -0.15) is 0 Å². The van der Waals surface area contributed by atoms with Crippen LogP contribution in [-0.2, 0) is 17.8 Å². The SMILES string of the molecule is O=C(C1CN(Cc2ccccc2)CC1Cc1ccccc1)N(c1ccccc1)c1ccccc1. The van der Waals surface area contributed by atoms with Gasteiger partial charge in [-0.25, -0.2) is 0 Å². The summed E-state index contributed by atoms with van der Waals surface area (Å²) in [7, 11) is 0. The fraction of sp³-hybridized carbons (Fsp3) is 0.194. The lowest BCUT2D eigenvalue weighted by molar-refractivity contribution is -0.122. The predicted octanol–water partition coefficient (Wildman–Crippen LogP) is 6.34. The van der Waals surface area contributed by atoms with Gasteiger partial charge in [-0.15, -0.1) is 0 Å². The van der Waals surface area contributed by atoms with Gasteiger partial charge in [-0.3, -0.25) is 14.6 Å². The summed E-state index contributed by atoms with van der Waals surface area (Å²) in [5, 5.41) is 0. The zero-order valence-electron chi connectivity index (χ0n) is 19.3. The maximum atomic E-state index is 14.2. The molecule has 0 radical (unpaired) electrons. The van der Waals surface area contributed by atoms with E-state index in [0.29, 0.717) is 0 Å². The maximum Gasteiger partial charge on any atom is 0.236 e. The Balaban J connectivity index is 1.46. The van der Waals surface area contributed by atoms with E-state index in [-0.39, 0.29) is 17.7 Å². The average Bonchev–Trinajstić information content (AvgIpc) is 3.28. The first-order chi connectivity index (χ1) is 16.8. The van der Waals surface area contributed by atoms with Crippen molar-refractivity contribution in [3.63, 3.8) is 0 Å². The van der Waals surface area contributed by atoms with Crippen molar-refractivity contribution in [1.82, 2.24) is 4.90 Å². The summed E-state index contributed by atoms with van der Waals surface area (Å²) in [6.45, 7) is 2.55. The van der Waals surface area contributed by atoms with E-state index in [1.165, 1.54) is 11.1 Å². The molecular formula is C31H30N2O. The lowest BCUT2D eigenvalue weighted by atomic mass is 9.88. The van der Waals surface area contributed by atoms with Crippen molar-refractivity contribution in [3.8, 4) is 0 Å². The second kappa shape index (κ2) is 10.5. The van der Waals surface area contributed by atoms with Crippen LogP contribution >= 0.6 is 0 Å². The lowest BCUT2D eigenvalue weighted by Crippen LogP contribution is -2.37. The molecule has 1 heterocycles. The molecule has 1 aliphatic rings. The van der Waals surface area contributed by atoms with Crippen molar-refractivity contribution in [2.45, 2.75) is 13.0 Å². The van der Waals surface area contributed by atoms with E-state index < -0.39 is 0 Å². The van der Waals surface area contributed by atoms with E-state index in [0.717, 1.165) is 37.4 Å². The second-order valence-electron chi connectivity index (χ2n) is 9.08. The van der Waals surface area contributed by atoms with Gasteiger partial charge in [0.2, 0.25) is 5.91 Å². The van der Waals surface area contributed by atoms with Crippen LogP contribution in [-0.4, -0.2) is 23.9 Å². The summed E-state index contributed by atoms with van der Waals surface area (Å²) in [5.41, 5.74) is 4.41. The molecule has 4 aromatic rings. The number of rotatable bonds is 7. The van der Waals surface area contributed by atoms with Crippen LogP contribution in [0.3, 0.4) is 0 Å². The van der Waals surface area contributed by atoms with Crippen molar-refractivity contribution in [2.75, 3.05) is 18.0 Å². The molecule has 1 saturated heterocycles. The van der Waals surface area contributed by atoms with Crippen LogP contribution in [0.4, 0.5) is 11.4 Å². The van der Waals surface area contributed by atoms with Crippen LogP contribution in [0, 0.1) is 11.8 Å². The molecule has 2 unspecified atom stereocenters. The van der Waals surface area contributed by atoms with Gasteiger partial charge >= 0.3 is 0 Å². The number of amides is 1. The highest BCUT2D eigenvalue weighted by Gasteiger charge is 2.40. The highest BCUT2D eigenvalue weighted by atomic mass is 16.2. The van der Waals surface area contributed by atoms with Gasteiger partial charge in [-0.05, 0) is 47.7 Å². The predicted molar refractivity (Wildman–Crippen MR) is 139 cm³/mol. The first-order valence-electron chi connectivity index (χ1n) is 12.0. The number of hydrogen-bond acceptors (Lipinski definition) is 2. The van der Waals surface area contributed by atoms with Crippen LogP contribution in [0.1, 0.15) is 11.1 Å². The summed E-state index contributed by atoms with van der Waals surface area (Å²) in [6.07, 6.45) is 0.903. The zero-order chi connectivity index (χ0) is 23.2. The summed E-state index contributed by atoms with van der Waals surface area (Å²) >= 11 is 0. The van der Waals surface area contributed by atoms with Crippen molar-refractivity contribution in [3.05, 3.63) is 132 Å². The Morgan fingerprint density at radius 3 is 1.65 bits per heavy atom. The number of nitrogens with zero attached hydrogens (tertiary/aromatic N) is 2. The average molecular weight is 447 g/mol. The topological polar surface area (TPSA) is 23.6 Å². The van der Waals surface area contributed by atoms with Gasteiger partial charge in [0.15, 0.2) is 0 Å². The maximum absolute atomic E-state index is 14.2. The summed E-state index contributed by atoms with van der Waals surface area (Å²) < 4.78 is 0. The van der Waals surface area contributed by atoms with Crippen molar-refractivity contribution < 1.29 is 4.79 Å². The van der Waals surface area contributed by atoms with E-state index in [1.54, 1.807) is 0 Å². The monoisotopic (exact) mass is 446 g/mol. The molecule has 2 atom stereocenters. The van der Waals surface area contributed by atoms with Gasteiger partial charge in [0.25, 0.3) is 0 Å². The molecule has 1 aliphatic heterocycles. The van der Waals surface area contributed by atoms with Crippen LogP contribution in [0.25, 0.3) is 0 Å². The minimum Gasteiger partial charge on any atom is -0.298 e. The minimum atomic E-state index is -0.0793. The molecule has 5 rings (SSSR count). The van der Waals surface area contributed by atoms with E-state index in [9.17, 15) is 4.79 Å². The molecule has 170 valence electrons. The van der Waals surface area contributed by atoms with Crippen LogP contribution < -0.4 is 4.90 Å². The Morgan fingerprint density at radius 2 is 1.12 bits per heavy atom. The molecule has 0 spiro atoms. The van der Waals surface area contributed by atoms with E-state index in [1.807, 2.05) is 65.6 Å². The van der Waals surface area contributed by atoms with E-state index >= 15 is 0 Å². The largest absolute Gasteiger partial charge is 0.298 e. The Hall–Kier alpha value is -3.69. The zero-order valence-corrected chi connectivity index (χ0v) is 19.3. The van der Waals surface area contributed by atoms with Gasteiger partial charge in [0.1, 0.15) is 0 Å². The molecule has 4 aromatic carbocycles. The van der Waals surface area contributed by atoms with Crippen molar-refractivity contribution in [1.29, 1.82) is 0 Å². The van der Waals surface area contributed by atoms with Gasteiger partial charge < -0.3 is 0 Å². The number of anilines is 2. The van der Waals surface area contributed by atoms with E-state index in [4.69, 9.17) is 0 Å². The first-order valence-corrected chi connectivity index (χ1v) is 12.0. The second-order valence-corrected chi connectivity index (χ2v) is 9.08. The lowest BCUT2D eigenvalue weighted by Gasteiger charge is -2.28. The summed E-state index contributed by atoms with van der Waals surface area (Å²) in [4.78, 5) is 18.6. The molecule has 0 aliphatic carbocycles. The molecule has 1 fully saturated rings. The summed E-state index contributed by atoms with van der Waals surface area (Å²) in [6, 6.07) is 41.2. The molecule has 3 nitrogen and oxygen atoms in total. The number of likely N-dealkylation sites (tertiary alicyclic amines) is 1. The van der Waals surface area contributed by atoms with Crippen LogP contribution in [0.2, 0.25) is 0 Å². The third kappa shape index (κ3) is 5.11. The molecule has 34 heavy (non-hydrogen) atoms. The smallest absolute Gasteiger partial charge is 0.236 e. The summed E-state index contributed by atoms with van der Waals surface area (Å²) in [5.74, 6) is 0.353. The number of carbonyl (C=O) groups excluding carboxylic acids is 1. The Labute approximate surface area is 202 Å². The fourth-order valence-corrected chi connectivity index (χ4v) is 5.06. The third-order valence-electron chi connectivity index (χ3n) is 6.67. The van der Waals surface area contributed by atoms with Crippen LogP contribution in [0.15, 0.2) is 121 Å². The fourth-order valence-electron chi connectivity index (χ4n) is 5.06. The highest BCUT2D eigenvalue weighted by Crippen LogP contribution is 2.34. The molecular weight excluding hydrogens is 416 g/mol. The Bertz CT molecular complexity index is 1140. The van der Waals surface area contributed by atoms with E-state index in [2.05, 4.69) is 65.6 Å². The number of carbonyl (C=O) groups is 1. The van der Waals surface area contributed by atoms with Crippen molar-refractivity contribution >= 4 is 17.3 Å². The van der Waals surface area contributed by atoms with Crippen molar-refractivity contribution in [2.24, 2.45) is 11.8 Å². The molecule has 0 aromatic heterocycles. The quantitative estimate of drug-likeness (QED) is 0.331. The van der Waals surface area contributed by atoms with Gasteiger partial charge in [-0.1, -0.05) is 97.1 Å². The van der Waals surface area contributed by atoms with Gasteiger partial charge in [0, 0.05) is 31.0 Å². The number of para-hydroxylation sites is 2. The first kappa shape index (κ1) is 22.1. The van der Waals surface area contributed by atoms with Gasteiger partial charge in [0.05, 0.1) is 5.92 Å². The molecule has 0 N–H and O–H groups in total. The molecule has 1 amide bonds. The Morgan fingerprint density at radius 1 is 0.647 bits per heavy atom. The number of hydrogen-bond donors (Lipinski definition) is 0. The normalized spacial score (nSPS) is 18.0. The molecule has 3 heteroatoms. The minimum absolute atomic E-state index is 0.0793. The highest BCUT2D eigenvalue weighted by molar-refractivity contribution is 6.02. The van der Waals surface area contributed by atoms with Crippen LogP contribution in [0.5, 0.6) is 0 Å². The molecule has 0 saturated carbocycles. The standard InChI is InChI=1S/C31H30N2O/c34-31(33(28-17-9-3-10-18-28)29-19-11-4-12-20-29)30-24-32(22-26-15-7-2-8-16-26)23-27(30)21-25-13-5-1-6-14-25/h1-20,27,30H,21-24H2. The number of benzene rings is 4. The third-order valence-corrected chi connectivity index (χ3v) is 6.67. The Kier molecular flexibility index (Phi) is 6.83. The molecule has 0 bridgehead atoms.